The molecule has 1 saturated carbocycles. The summed E-state index contributed by atoms with van der Waals surface area (Å²) in [5, 5.41) is 10.3. The average molecular weight is 345 g/mol. The van der Waals surface area contributed by atoms with Gasteiger partial charge in [-0.05, 0) is 37.5 Å². The third-order valence-corrected chi connectivity index (χ3v) is 4.82. The second-order valence-corrected chi connectivity index (χ2v) is 6.65. The molecule has 2 aromatic rings. The number of anilines is 1. The molecule has 2 heterocycles. The molecule has 6 nitrogen and oxygen atoms in total. The maximum atomic E-state index is 12.6. The van der Waals surface area contributed by atoms with Crippen molar-refractivity contribution >= 4 is 29.1 Å². The molecular weight excluding hydrogens is 328 g/mol. The molecule has 124 valence electrons. The molecule has 1 aromatic carbocycles. The van der Waals surface area contributed by atoms with E-state index in [1.807, 2.05) is 12.1 Å². The van der Waals surface area contributed by atoms with E-state index < -0.39 is 6.04 Å². The van der Waals surface area contributed by atoms with E-state index >= 15 is 0 Å². The van der Waals surface area contributed by atoms with Crippen molar-refractivity contribution in [2.24, 2.45) is 0 Å². The summed E-state index contributed by atoms with van der Waals surface area (Å²) >= 11 is 6.16. The van der Waals surface area contributed by atoms with Crippen LogP contribution < -0.4 is 10.2 Å². The van der Waals surface area contributed by atoms with Gasteiger partial charge in [-0.15, -0.1) is 0 Å². The van der Waals surface area contributed by atoms with Gasteiger partial charge in [0.2, 0.25) is 5.91 Å². The van der Waals surface area contributed by atoms with Crippen LogP contribution in [0.15, 0.2) is 30.3 Å². The predicted octanol–water partition coefficient (Wildman–Crippen LogP) is 2.48. The molecule has 1 aliphatic heterocycles. The number of rotatable bonds is 4. The minimum Gasteiger partial charge on any atom is -0.339 e. The number of halogens is 1. The van der Waals surface area contributed by atoms with Crippen LogP contribution in [-0.4, -0.2) is 34.6 Å². The van der Waals surface area contributed by atoms with Gasteiger partial charge in [0.25, 0.3) is 5.91 Å². The fourth-order valence-corrected chi connectivity index (χ4v) is 3.25. The molecule has 7 heteroatoms. The first kappa shape index (κ1) is 15.2. The Hall–Kier alpha value is -2.34. The van der Waals surface area contributed by atoms with Crippen molar-refractivity contribution in [2.75, 3.05) is 11.4 Å². The second kappa shape index (κ2) is 5.94. The number of hydrogen-bond acceptors (Lipinski definition) is 3. The summed E-state index contributed by atoms with van der Waals surface area (Å²) in [5.41, 5.74) is 2.01. The number of amides is 2. The normalized spacial score (nSPS) is 20.5. The molecule has 0 bridgehead atoms. The maximum absolute atomic E-state index is 12.6. The van der Waals surface area contributed by atoms with Gasteiger partial charge >= 0.3 is 0 Å². The highest BCUT2D eigenvalue weighted by atomic mass is 35.5. The fraction of sp³-hybridized carbons (Fsp3) is 0.353. The van der Waals surface area contributed by atoms with Crippen molar-refractivity contribution in [1.29, 1.82) is 0 Å². The van der Waals surface area contributed by atoms with E-state index in [9.17, 15) is 9.59 Å². The number of nitrogens with one attached hydrogen (secondary N) is 2. The molecule has 1 aromatic heterocycles. The Morgan fingerprint density at radius 1 is 1.29 bits per heavy atom. The average Bonchev–Trinajstić information content (AvgIpc) is 3.20. The number of H-pyrrole nitrogens is 1. The molecule has 1 saturated heterocycles. The summed E-state index contributed by atoms with van der Waals surface area (Å²) in [7, 11) is 0. The predicted molar refractivity (Wildman–Crippen MR) is 90.2 cm³/mol. The van der Waals surface area contributed by atoms with E-state index in [4.69, 9.17) is 11.6 Å². The zero-order valence-corrected chi connectivity index (χ0v) is 13.7. The molecule has 0 radical (unpaired) electrons. The van der Waals surface area contributed by atoms with Gasteiger partial charge in [0.05, 0.1) is 10.7 Å². The van der Waals surface area contributed by atoms with Crippen molar-refractivity contribution in [1.82, 2.24) is 15.5 Å². The number of hydrogen-bond donors (Lipinski definition) is 2. The molecule has 1 atom stereocenters. The molecule has 4 rings (SSSR count). The quantitative estimate of drug-likeness (QED) is 0.894. The van der Waals surface area contributed by atoms with Gasteiger partial charge in [-0.1, -0.05) is 23.7 Å². The Morgan fingerprint density at radius 2 is 2.08 bits per heavy atom. The van der Waals surface area contributed by atoms with Crippen LogP contribution in [0.3, 0.4) is 0 Å². The molecule has 2 N–H and O–H groups in total. The van der Waals surface area contributed by atoms with Crippen LogP contribution in [0.25, 0.3) is 0 Å². The molecular formula is C17H17ClN4O2. The first-order chi connectivity index (χ1) is 11.6. The van der Waals surface area contributed by atoms with Crippen LogP contribution in [0.1, 0.15) is 41.4 Å². The highest BCUT2D eigenvalue weighted by Gasteiger charge is 2.35. The van der Waals surface area contributed by atoms with Crippen LogP contribution in [0.4, 0.5) is 5.69 Å². The molecule has 0 spiro atoms. The number of para-hydroxylation sites is 1. The van der Waals surface area contributed by atoms with Crippen molar-refractivity contribution < 1.29 is 9.59 Å². The van der Waals surface area contributed by atoms with E-state index in [0.717, 1.165) is 18.5 Å². The number of carbonyl (C=O) groups is 2. The Kier molecular flexibility index (Phi) is 3.76. The third-order valence-electron chi connectivity index (χ3n) is 4.50. The van der Waals surface area contributed by atoms with Crippen molar-refractivity contribution in [3.63, 3.8) is 0 Å². The van der Waals surface area contributed by atoms with Gasteiger partial charge < -0.3 is 10.2 Å². The molecule has 2 amide bonds. The lowest BCUT2D eigenvalue weighted by atomic mass is 10.2. The first-order valence-corrected chi connectivity index (χ1v) is 8.43. The van der Waals surface area contributed by atoms with E-state index in [2.05, 4.69) is 15.5 Å². The van der Waals surface area contributed by atoms with E-state index in [1.165, 1.54) is 0 Å². The Bertz CT molecular complexity index is 799. The number of nitrogens with zero attached hydrogens (tertiary/aromatic N) is 2. The van der Waals surface area contributed by atoms with E-state index in [0.29, 0.717) is 35.3 Å². The molecule has 0 unspecified atom stereocenters. The Balaban J connectivity index is 1.44. The summed E-state index contributed by atoms with van der Waals surface area (Å²) in [5.74, 6) is 0.0368. The van der Waals surface area contributed by atoms with Gasteiger partial charge in [0.15, 0.2) is 0 Å². The van der Waals surface area contributed by atoms with Crippen LogP contribution in [-0.2, 0) is 4.79 Å². The maximum Gasteiger partial charge on any atom is 0.272 e. The molecule has 2 fully saturated rings. The lowest BCUT2D eigenvalue weighted by Crippen LogP contribution is -2.41. The summed E-state index contributed by atoms with van der Waals surface area (Å²) in [6.07, 6.45) is 2.82. The van der Waals surface area contributed by atoms with Crippen LogP contribution in [0.5, 0.6) is 0 Å². The SMILES string of the molecule is O=C(N[C@H]1CCN(c2ccccc2Cl)C1=O)c1cc(C2CC2)[nH]n1. The van der Waals surface area contributed by atoms with E-state index in [1.54, 1.807) is 23.1 Å². The fourth-order valence-electron chi connectivity index (χ4n) is 3.01. The minimum absolute atomic E-state index is 0.144. The zero-order chi connectivity index (χ0) is 16.7. The monoisotopic (exact) mass is 344 g/mol. The number of benzene rings is 1. The summed E-state index contributed by atoms with van der Waals surface area (Å²) < 4.78 is 0. The minimum atomic E-state index is -0.546. The largest absolute Gasteiger partial charge is 0.339 e. The van der Waals surface area contributed by atoms with Gasteiger partial charge in [0.1, 0.15) is 11.7 Å². The summed E-state index contributed by atoms with van der Waals surface area (Å²) in [4.78, 5) is 26.5. The number of carbonyl (C=O) groups excluding carboxylic acids is 2. The summed E-state index contributed by atoms with van der Waals surface area (Å²) in [6.45, 7) is 0.529. The third kappa shape index (κ3) is 2.78. The lowest BCUT2D eigenvalue weighted by molar-refractivity contribution is -0.118. The van der Waals surface area contributed by atoms with Gasteiger partial charge in [0, 0.05) is 18.2 Å². The topological polar surface area (TPSA) is 78.1 Å². The number of aromatic nitrogens is 2. The highest BCUT2D eigenvalue weighted by molar-refractivity contribution is 6.34. The van der Waals surface area contributed by atoms with Gasteiger partial charge in [-0.25, -0.2) is 0 Å². The Labute approximate surface area is 144 Å². The molecule has 1 aliphatic carbocycles. The molecule has 2 aliphatic rings. The van der Waals surface area contributed by atoms with Crippen molar-refractivity contribution in [3.8, 4) is 0 Å². The number of aromatic amines is 1. The van der Waals surface area contributed by atoms with Crippen LogP contribution in [0.2, 0.25) is 5.02 Å². The first-order valence-electron chi connectivity index (χ1n) is 8.05. The van der Waals surface area contributed by atoms with Crippen molar-refractivity contribution in [3.05, 3.63) is 46.7 Å². The van der Waals surface area contributed by atoms with Crippen molar-refractivity contribution in [2.45, 2.75) is 31.2 Å². The van der Waals surface area contributed by atoms with E-state index in [-0.39, 0.29) is 11.8 Å². The standard InChI is InChI=1S/C17H17ClN4O2/c18-11-3-1-2-4-15(11)22-8-7-12(17(22)24)19-16(23)14-9-13(20-21-14)10-5-6-10/h1-4,9-10,12H,5-8H2,(H,19,23)(H,20,21)/t12-/m0/s1. The van der Waals surface area contributed by atoms with Crippen LogP contribution in [0, 0.1) is 0 Å². The van der Waals surface area contributed by atoms with Crippen LogP contribution >= 0.6 is 11.6 Å². The smallest absolute Gasteiger partial charge is 0.272 e. The highest BCUT2D eigenvalue weighted by Crippen LogP contribution is 2.39. The van der Waals surface area contributed by atoms with Gasteiger partial charge in [-0.3, -0.25) is 14.7 Å². The molecule has 24 heavy (non-hydrogen) atoms. The second-order valence-electron chi connectivity index (χ2n) is 6.24. The summed E-state index contributed by atoms with van der Waals surface area (Å²) in [6, 6.07) is 8.44. The Morgan fingerprint density at radius 3 is 2.83 bits per heavy atom. The zero-order valence-electron chi connectivity index (χ0n) is 13.0. The van der Waals surface area contributed by atoms with Gasteiger partial charge in [-0.2, -0.15) is 5.10 Å². The lowest BCUT2D eigenvalue weighted by Gasteiger charge is -2.18.